The zero-order chi connectivity index (χ0) is 17.6. The van der Waals surface area contributed by atoms with E-state index in [0.29, 0.717) is 25.0 Å². The standard InChI is InChI=1S/C19H18ClN5/c1-3-11-25(12-4-2)19-23-17(20)22-18(24-19)21-16-10-9-14-7-5-6-8-15(14)13-16/h3-10,13H,1-2,11-12H2,(H,21,22,23,24). The molecule has 1 N–H and O–H groups in total. The van der Waals surface area contributed by atoms with Gasteiger partial charge in [-0.2, -0.15) is 15.0 Å². The maximum atomic E-state index is 6.08. The Kier molecular flexibility index (Phi) is 5.26. The van der Waals surface area contributed by atoms with E-state index in [1.165, 1.54) is 5.39 Å². The van der Waals surface area contributed by atoms with Gasteiger partial charge in [0.2, 0.25) is 17.2 Å². The molecule has 6 heteroatoms. The first kappa shape index (κ1) is 16.9. The van der Waals surface area contributed by atoms with Crippen LogP contribution in [0.1, 0.15) is 0 Å². The average Bonchev–Trinajstić information content (AvgIpc) is 2.61. The number of hydrogen-bond acceptors (Lipinski definition) is 5. The zero-order valence-electron chi connectivity index (χ0n) is 13.7. The summed E-state index contributed by atoms with van der Waals surface area (Å²) in [4.78, 5) is 14.7. The van der Waals surface area contributed by atoms with Gasteiger partial charge in [0, 0.05) is 18.8 Å². The fourth-order valence-corrected chi connectivity index (χ4v) is 2.64. The van der Waals surface area contributed by atoms with Crippen LogP contribution in [0.2, 0.25) is 5.28 Å². The first-order valence-electron chi connectivity index (χ1n) is 7.84. The fraction of sp³-hybridized carbons (Fsp3) is 0.105. The molecule has 0 radical (unpaired) electrons. The Morgan fingerprint density at radius 2 is 1.68 bits per heavy atom. The lowest BCUT2D eigenvalue weighted by Gasteiger charge is -2.19. The average molecular weight is 352 g/mol. The molecule has 3 rings (SSSR count). The highest BCUT2D eigenvalue weighted by Gasteiger charge is 2.11. The second-order valence-electron chi connectivity index (χ2n) is 5.40. The first-order valence-corrected chi connectivity index (χ1v) is 8.21. The van der Waals surface area contributed by atoms with Gasteiger partial charge >= 0.3 is 0 Å². The maximum Gasteiger partial charge on any atom is 0.233 e. The summed E-state index contributed by atoms with van der Waals surface area (Å²) >= 11 is 6.08. The SMILES string of the molecule is C=CCN(CC=C)c1nc(Cl)nc(Nc2ccc3ccccc3c2)n1. The van der Waals surface area contributed by atoms with E-state index < -0.39 is 0 Å². The number of rotatable bonds is 7. The van der Waals surface area contributed by atoms with E-state index in [9.17, 15) is 0 Å². The molecule has 126 valence electrons. The Morgan fingerprint density at radius 1 is 0.960 bits per heavy atom. The first-order chi connectivity index (χ1) is 12.2. The molecule has 25 heavy (non-hydrogen) atoms. The molecule has 0 atom stereocenters. The third kappa shape index (κ3) is 4.14. The Bertz CT molecular complexity index is 899. The summed E-state index contributed by atoms with van der Waals surface area (Å²) in [6.07, 6.45) is 3.55. The molecule has 0 bridgehead atoms. The molecule has 2 aromatic carbocycles. The summed E-state index contributed by atoms with van der Waals surface area (Å²) < 4.78 is 0. The molecular formula is C19H18ClN5. The van der Waals surface area contributed by atoms with Crippen LogP contribution in [0.5, 0.6) is 0 Å². The smallest absolute Gasteiger partial charge is 0.233 e. The van der Waals surface area contributed by atoms with Gasteiger partial charge in [-0.1, -0.05) is 42.5 Å². The summed E-state index contributed by atoms with van der Waals surface area (Å²) in [6.45, 7) is 8.68. The van der Waals surface area contributed by atoms with Crippen LogP contribution in [-0.4, -0.2) is 28.0 Å². The van der Waals surface area contributed by atoms with Crippen molar-refractivity contribution < 1.29 is 0 Å². The lowest BCUT2D eigenvalue weighted by Crippen LogP contribution is -2.25. The quantitative estimate of drug-likeness (QED) is 0.630. The van der Waals surface area contributed by atoms with Gasteiger partial charge in [-0.25, -0.2) is 0 Å². The minimum Gasteiger partial charge on any atom is -0.333 e. The van der Waals surface area contributed by atoms with Crippen LogP contribution in [0, 0.1) is 0 Å². The molecule has 0 amide bonds. The van der Waals surface area contributed by atoms with E-state index in [1.54, 1.807) is 12.2 Å². The predicted molar refractivity (Wildman–Crippen MR) is 105 cm³/mol. The highest BCUT2D eigenvalue weighted by molar-refractivity contribution is 6.28. The lowest BCUT2D eigenvalue weighted by atomic mass is 10.1. The molecule has 0 aliphatic carbocycles. The van der Waals surface area contributed by atoms with Crippen molar-refractivity contribution in [3.8, 4) is 0 Å². The zero-order valence-corrected chi connectivity index (χ0v) is 14.4. The van der Waals surface area contributed by atoms with Crippen LogP contribution in [0.3, 0.4) is 0 Å². The van der Waals surface area contributed by atoms with Crippen molar-refractivity contribution in [2.24, 2.45) is 0 Å². The molecule has 1 aromatic heterocycles. The van der Waals surface area contributed by atoms with E-state index in [-0.39, 0.29) is 5.28 Å². The van der Waals surface area contributed by atoms with E-state index in [4.69, 9.17) is 11.6 Å². The van der Waals surface area contributed by atoms with Crippen molar-refractivity contribution in [1.82, 2.24) is 15.0 Å². The van der Waals surface area contributed by atoms with Crippen molar-refractivity contribution in [3.05, 3.63) is 73.1 Å². The molecule has 0 saturated carbocycles. The second-order valence-corrected chi connectivity index (χ2v) is 5.74. The number of halogens is 1. The van der Waals surface area contributed by atoms with Crippen molar-refractivity contribution in [1.29, 1.82) is 0 Å². The monoisotopic (exact) mass is 351 g/mol. The molecule has 0 aliphatic heterocycles. The molecule has 0 aliphatic rings. The van der Waals surface area contributed by atoms with Crippen molar-refractivity contribution >= 4 is 40.0 Å². The van der Waals surface area contributed by atoms with Crippen molar-refractivity contribution in [2.45, 2.75) is 0 Å². The largest absolute Gasteiger partial charge is 0.333 e. The number of nitrogens with zero attached hydrogens (tertiary/aromatic N) is 4. The molecule has 0 fully saturated rings. The van der Waals surface area contributed by atoms with Crippen LogP contribution in [0.4, 0.5) is 17.6 Å². The summed E-state index contributed by atoms with van der Waals surface area (Å²) in [5.74, 6) is 0.867. The van der Waals surface area contributed by atoms with Gasteiger partial charge in [-0.3, -0.25) is 0 Å². The van der Waals surface area contributed by atoms with Crippen LogP contribution in [0.15, 0.2) is 67.8 Å². The van der Waals surface area contributed by atoms with Gasteiger partial charge in [0.25, 0.3) is 0 Å². The van der Waals surface area contributed by atoms with E-state index >= 15 is 0 Å². The number of benzene rings is 2. The Morgan fingerprint density at radius 3 is 2.40 bits per heavy atom. The fourth-order valence-electron chi connectivity index (χ4n) is 2.48. The van der Waals surface area contributed by atoms with Crippen molar-refractivity contribution in [2.75, 3.05) is 23.3 Å². The Labute approximate surface area is 151 Å². The minimum atomic E-state index is 0.131. The maximum absolute atomic E-state index is 6.08. The van der Waals surface area contributed by atoms with E-state index in [1.807, 2.05) is 35.2 Å². The lowest BCUT2D eigenvalue weighted by molar-refractivity contribution is 0.875. The number of anilines is 3. The number of fused-ring (bicyclic) bond motifs is 1. The summed E-state index contributed by atoms with van der Waals surface area (Å²) in [5.41, 5.74) is 0.880. The number of nitrogens with one attached hydrogen (secondary N) is 1. The van der Waals surface area contributed by atoms with Gasteiger partial charge in [-0.15, -0.1) is 13.2 Å². The summed E-state index contributed by atoms with van der Waals surface area (Å²) in [5, 5.41) is 5.63. The van der Waals surface area contributed by atoms with Gasteiger partial charge in [0.15, 0.2) is 0 Å². The molecule has 0 saturated heterocycles. The topological polar surface area (TPSA) is 53.9 Å². The second kappa shape index (κ2) is 7.77. The van der Waals surface area contributed by atoms with Gasteiger partial charge < -0.3 is 10.2 Å². The summed E-state index contributed by atoms with van der Waals surface area (Å²) in [7, 11) is 0. The highest BCUT2D eigenvalue weighted by Crippen LogP contribution is 2.22. The predicted octanol–water partition coefficient (Wildman–Crippen LogP) is 4.60. The highest BCUT2D eigenvalue weighted by atomic mass is 35.5. The van der Waals surface area contributed by atoms with Gasteiger partial charge in [-0.05, 0) is 34.5 Å². The molecular weight excluding hydrogens is 334 g/mol. The number of hydrogen-bond donors (Lipinski definition) is 1. The van der Waals surface area contributed by atoms with Crippen LogP contribution in [0.25, 0.3) is 10.8 Å². The molecule has 5 nitrogen and oxygen atoms in total. The molecule has 0 spiro atoms. The molecule has 1 heterocycles. The van der Waals surface area contributed by atoms with Crippen LogP contribution < -0.4 is 10.2 Å². The van der Waals surface area contributed by atoms with Gasteiger partial charge in [0.1, 0.15) is 0 Å². The number of aromatic nitrogens is 3. The van der Waals surface area contributed by atoms with Gasteiger partial charge in [0.05, 0.1) is 0 Å². The van der Waals surface area contributed by atoms with E-state index in [2.05, 4.69) is 45.6 Å². The Hall–Kier alpha value is -2.92. The van der Waals surface area contributed by atoms with Crippen LogP contribution >= 0.6 is 11.6 Å². The van der Waals surface area contributed by atoms with Crippen LogP contribution in [-0.2, 0) is 0 Å². The summed E-state index contributed by atoms with van der Waals surface area (Å²) in [6, 6.07) is 14.2. The third-order valence-corrected chi connectivity index (χ3v) is 3.75. The minimum absolute atomic E-state index is 0.131. The van der Waals surface area contributed by atoms with Crippen molar-refractivity contribution in [3.63, 3.8) is 0 Å². The third-order valence-electron chi connectivity index (χ3n) is 3.58. The Balaban J connectivity index is 1.90. The molecule has 3 aromatic rings. The van der Waals surface area contributed by atoms with E-state index in [0.717, 1.165) is 11.1 Å². The molecule has 0 unspecified atom stereocenters. The normalized spacial score (nSPS) is 10.4.